The lowest BCUT2D eigenvalue weighted by Crippen LogP contribution is -1.99. The predicted molar refractivity (Wildman–Crippen MR) is 102 cm³/mol. The number of benzene rings is 2. The SMILES string of the molecule is CCOc1ccc(-c2[nH]c3c(Cl)cccc3c2CCCCN)cc1. The molecule has 3 nitrogen and oxygen atoms in total. The van der Waals surface area contributed by atoms with Crippen molar-refractivity contribution in [3.8, 4) is 17.0 Å². The number of aromatic nitrogens is 1. The molecule has 3 rings (SSSR count). The van der Waals surface area contributed by atoms with E-state index in [1.165, 1.54) is 10.9 Å². The molecule has 0 unspecified atom stereocenters. The average molecular weight is 343 g/mol. The maximum Gasteiger partial charge on any atom is 0.119 e. The first-order chi connectivity index (χ1) is 11.7. The topological polar surface area (TPSA) is 51.0 Å². The predicted octanol–water partition coefficient (Wildman–Crippen LogP) is 5.17. The van der Waals surface area contributed by atoms with Crippen LogP contribution in [0.4, 0.5) is 0 Å². The number of fused-ring (bicyclic) bond motifs is 1. The molecule has 0 aliphatic carbocycles. The van der Waals surface area contributed by atoms with Crippen molar-refractivity contribution in [1.29, 1.82) is 0 Å². The van der Waals surface area contributed by atoms with Crippen molar-refractivity contribution < 1.29 is 4.74 Å². The Labute approximate surface area is 147 Å². The molecule has 0 bridgehead atoms. The number of hydrogen-bond donors (Lipinski definition) is 2. The third-order valence-electron chi connectivity index (χ3n) is 4.23. The number of aryl methyl sites for hydroxylation is 1. The number of nitrogens with one attached hydrogen (secondary N) is 1. The molecule has 24 heavy (non-hydrogen) atoms. The van der Waals surface area contributed by atoms with Gasteiger partial charge in [0.05, 0.1) is 17.1 Å². The number of hydrogen-bond acceptors (Lipinski definition) is 2. The fraction of sp³-hybridized carbons (Fsp3) is 0.300. The standard InChI is InChI=1S/C20H23ClN2O/c1-2-24-15-11-9-14(10-12-15)19-16(6-3-4-13-22)17-7-5-8-18(21)20(17)23-19/h5,7-12,23H,2-4,6,13,22H2,1H3. The lowest BCUT2D eigenvalue weighted by Gasteiger charge is -2.07. The summed E-state index contributed by atoms with van der Waals surface area (Å²) >= 11 is 6.39. The van der Waals surface area contributed by atoms with Crippen LogP contribution in [0.1, 0.15) is 25.3 Å². The van der Waals surface area contributed by atoms with Gasteiger partial charge >= 0.3 is 0 Å². The Balaban J connectivity index is 2.04. The summed E-state index contributed by atoms with van der Waals surface area (Å²) in [7, 11) is 0. The van der Waals surface area contributed by atoms with Crippen LogP contribution in [0.25, 0.3) is 22.2 Å². The zero-order chi connectivity index (χ0) is 16.9. The van der Waals surface area contributed by atoms with Crippen LogP contribution in [0.2, 0.25) is 5.02 Å². The molecular weight excluding hydrogens is 320 g/mol. The molecule has 0 aliphatic heterocycles. The van der Waals surface area contributed by atoms with Crippen LogP contribution >= 0.6 is 11.6 Å². The van der Waals surface area contributed by atoms with Crippen molar-refractivity contribution in [3.63, 3.8) is 0 Å². The van der Waals surface area contributed by atoms with Gasteiger partial charge in [-0.25, -0.2) is 0 Å². The fourth-order valence-electron chi connectivity index (χ4n) is 3.07. The first-order valence-corrected chi connectivity index (χ1v) is 8.84. The minimum absolute atomic E-state index is 0.672. The lowest BCUT2D eigenvalue weighted by molar-refractivity contribution is 0.340. The molecule has 3 N–H and O–H groups in total. The van der Waals surface area contributed by atoms with Crippen molar-refractivity contribution in [1.82, 2.24) is 4.98 Å². The molecule has 3 aromatic rings. The zero-order valence-corrected chi connectivity index (χ0v) is 14.7. The van der Waals surface area contributed by atoms with E-state index in [0.717, 1.165) is 53.4 Å². The number of aromatic amines is 1. The number of unbranched alkanes of at least 4 members (excludes halogenated alkanes) is 1. The van der Waals surface area contributed by atoms with Crippen molar-refractivity contribution in [2.75, 3.05) is 13.2 Å². The number of halogens is 1. The molecule has 0 fully saturated rings. The highest BCUT2D eigenvalue weighted by molar-refractivity contribution is 6.35. The van der Waals surface area contributed by atoms with Crippen LogP contribution in [0.5, 0.6) is 5.75 Å². The van der Waals surface area contributed by atoms with Gasteiger partial charge < -0.3 is 15.5 Å². The second-order valence-electron chi connectivity index (χ2n) is 5.84. The van der Waals surface area contributed by atoms with Gasteiger partial charge in [-0.2, -0.15) is 0 Å². The van der Waals surface area contributed by atoms with E-state index in [-0.39, 0.29) is 0 Å². The van der Waals surface area contributed by atoms with Crippen molar-refractivity contribution in [2.45, 2.75) is 26.2 Å². The van der Waals surface area contributed by atoms with Gasteiger partial charge in [0.2, 0.25) is 0 Å². The summed E-state index contributed by atoms with van der Waals surface area (Å²) in [6.45, 7) is 3.39. The van der Waals surface area contributed by atoms with Gasteiger partial charge in [-0.05, 0) is 74.2 Å². The van der Waals surface area contributed by atoms with E-state index < -0.39 is 0 Å². The minimum Gasteiger partial charge on any atom is -0.494 e. The first kappa shape index (κ1) is 16.9. The normalized spacial score (nSPS) is 11.1. The van der Waals surface area contributed by atoms with E-state index in [1.54, 1.807) is 0 Å². The highest BCUT2D eigenvalue weighted by Crippen LogP contribution is 2.35. The van der Waals surface area contributed by atoms with Crippen molar-refractivity contribution in [2.24, 2.45) is 5.73 Å². The molecule has 0 saturated heterocycles. The second-order valence-corrected chi connectivity index (χ2v) is 6.25. The Hall–Kier alpha value is -1.97. The average Bonchev–Trinajstić information content (AvgIpc) is 2.96. The van der Waals surface area contributed by atoms with Gasteiger partial charge in [-0.15, -0.1) is 0 Å². The van der Waals surface area contributed by atoms with Crippen LogP contribution in [0.15, 0.2) is 42.5 Å². The molecule has 1 aromatic heterocycles. The summed E-state index contributed by atoms with van der Waals surface area (Å²) in [4.78, 5) is 3.52. The van der Waals surface area contributed by atoms with E-state index in [1.807, 2.05) is 31.2 Å². The molecule has 0 spiro atoms. The van der Waals surface area contributed by atoms with Crippen molar-refractivity contribution >= 4 is 22.5 Å². The number of rotatable bonds is 7. The van der Waals surface area contributed by atoms with Crippen LogP contribution in [0.3, 0.4) is 0 Å². The monoisotopic (exact) mass is 342 g/mol. The van der Waals surface area contributed by atoms with Gasteiger partial charge in [0.15, 0.2) is 0 Å². The number of nitrogens with two attached hydrogens (primary N) is 1. The van der Waals surface area contributed by atoms with Crippen LogP contribution < -0.4 is 10.5 Å². The van der Waals surface area contributed by atoms with Gasteiger partial charge in [-0.3, -0.25) is 0 Å². The summed E-state index contributed by atoms with van der Waals surface area (Å²) in [5, 5.41) is 1.95. The highest BCUT2D eigenvalue weighted by Gasteiger charge is 2.14. The van der Waals surface area contributed by atoms with E-state index >= 15 is 0 Å². The van der Waals surface area contributed by atoms with Gasteiger partial charge in [0.25, 0.3) is 0 Å². The Kier molecular flexibility index (Phi) is 5.44. The molecule has 0 aliphatic rings. The van der Waals surface area contributed by atoms with Crippen LogP contribution in [-0.2, 0) is 6.42 Å². The molecule has 4 heteroatoms. The Morgan fingerprint density at radius 2 is 1.88 bits per heavy atom. The van der Waals surface area contributed by atoms with E-state index in [2.05, 4.69) is 23.2 Å². The molecule has 126 valence electrons. The number of ether oxygens (including phenoxy) is 1. The number of H-pyrrole nitrogens is 1. The maximum atomic E-state index is 6.39. The smallest absolute Gasteiger partial charge is 0.119 e. The second kappa shape index (κ2) is 7.73. The number of para-hydroxylation sites is 1. The van der Waals surface area contributed by atoms with E-state index in [9.17, 15) is 0 Å². The van der Waals surface area contributed by atoms with E-state index in [4.69, 9.17) is 22.1 Å². The van der Waals surface area contributed by atoms with Gasteiger partial charge in [-0.1, -0.05) is 23.7 Å². The summed E-state index contributed by atoms with van der Waals surface area (Å²) in [6, 6.07) is 14.3. The lowest BCUT2D eigenvalue weighted by atomic mass is 10.0. The zero-order valence-electron chi connectivity index (χ0n) is 13.9. The Bertz CT molecular complexity index is 808. The van der Waals surface area contributed by atoms with Gasteiger partial charge in [0, 0.05) is 11.1 Å². The molecule has 2 aromatic carbocycles. The Morgan fingerprint density at radius 3 is 2.58 bits per heavy atom. The molecule has 0 amide bonds. The van der Waals surface area contributed by atoms with Crippen LogP contribution in [-0.4, -0.2) is 18.1 Å². The summed E-state index contributed by atoms with van der Waals surface area (Å²) < 4.78 is 5.54. The Morgan fingerprint density at radius 1 is 1.08 bits per heavy atom. The highest BCUT2D eigenvalue weighted by atomic mass is 35.5. The molecule has 0 atom stereocenters. The molecule has 0 radical (unpaired) electrons. The molecule has 0 saturated carbocycles. The molecule has 1 heterocycles. The summed E-state index contributed by atoms with van der Waals surface area (Å²) in [5.41, 5.74) is 10.3. The van der Waals surface area contributed by atoms with Crippen LogP contribution in [0, 0.1) is 0 Å². The summed E-state index contributed by atoms with van der Waals surface area (Å²) in [6.07, 6.45) is 3.08. The minimum atomic E-state index is 0.672. The third-order valence-corrected chi connectivity index (χ3v) is 4.54. The quantitative estimate of drug-likeness (QED) is 0.582. The maximum absolute atomic E-state index is 6.39. The van der Waals surface area contributed by atoms with Gasteiger partial charge in [0.1, 0.15) is 5.75 Å². The van der Waals surface area contributed by atoms with E-state index in [0.29, 0.717) is 6.61 Å². The van der Waals surface area contributed by atoms with Crippen molar-refractivity contribution in [3.05, 3.63) is 53.1 Å². The fourth-order valence-corrected chi connectivity index (χ4v) is 3.30. The largest absolute Gasteiger partial charge is 0.494 e. The molecular formula is C20H23ClN2O. The summed E-state index contributed by atoms with van der Waals surface area (Å²) in [5.74, 6) is 0.889. The third kappa shape index (κ3) is 3.42. The first-order valence-electron chi connectivity index (χ1n) is 8.47.